The van der Waals surface area contributed by atoms with Crippen LogP contribution in [0.4, 0.5) is 15.8 Å². The summed E-state index contributed by atoms with van der Waals surface area (Å²) in [5, 5.41) is 13.9. The van der Waals surface area contributed by atoms with E-state index in [1.165, 1.54) is 6.08 Å². The van der Waals surface area contributed by atoms with E-state index in [0.717, 1.165) is 17.5 Å². The second-order valence-electron chi connectivity index (χ2n) is 5.71. The molecule has 2 aromatic rings. The number of nitrogens with zero attached hydrogens (tertiary/aromatic N) is 1. The highest BCUT2D eigenvalue weighted by Crippen LogP contribution is 2.24. The van der Waals surface area contributed by atoms with Crippen LogP contribution in [0.2, 0.25) is 0 Å². The van der Waals surface area contributed by atoms with E-state index in [4.69, 9.17) is 0 Å². The summed E-state index contributed by atoms with van der Waals surface area (Å²) < 4.78 is 43.4. The molecule has 12 heteroatoms. The van der Waals surface area contributed by atoms with Gasteiger partial charge in [-0.3, -0.25) is 19.7 Å². The van der Waals surface area contributed by atoms with Crippen molar-refractivity contribution in [3.63, 3.8) is 0 Å². The number of anilines is 1. The summed E-state index contributed by atoms with van der Waals surface area (Å²) in [7, 11) is -3.92. The van der Waals surface area contributed by atoms with E-state index < -0.39 is 51.5 Å². The molecule has 0 saturated carbocycles. The molecular weight excluding hydrogens is 421 g/mol. The van der Waals surface area contributed by atoms with Gasteiger partial charge in [-0.05, 0) is 23.8 Å². The predicted octanol–water partition coefficient (Wildman–Crippen LogP) is 1.81. The lowest BCUT2D eigenvalue weighted by Gasteiger charge is -2.07. The van der Waals surface area contributed by atoms with Crippen molar-refractivity contribution in [3.05, 3.63) is 75.4 Å². The molecule has 2 N–H and O–H groups in total. The van der Waals surface area contributed by atoms with Gasteiger partial charge in [-0.1, -0.05) is 30.3 Å². The van der Waals surface area contributed by atoms with Crippen LogP contribution < -0.4 is 10.0 Å². The third-order valence-electron chi connectivity index (χ3n) is 3.45. The Morgan fingerprint density at radius 2 is 1.87 bits per heavy atom. The first-order valence-electron chi connectivity index (χ1n) is 8.28. The van der Waals surface area contributed by atoms with E-state index >= 15 is 0 Å². The van der Waals surface area contributed by atoms with Crippen molar-refractivity contribution in [3.8, 4) is 0 Å². The van der Waals surface area contributed by atoms with Gasteiger partial charge in [-0.15, -0.1) is 0 Å². The Kier molecular flexibility index (Phi) is 7.72. The average molecular weight is 437 g/mol. The van der Waals surface area contributed by atoms with Crippen LogP contribution >= 0.6 is 0 Å². The lowest BCUT2D eigenvalue weighted by molar-refractivity contribution is -0.384. The number of hydrogen-bond acceptors (Lipinski definition) is 7. The van der Waals surface area contributed by atoms with E-state index in [0.29, 0.717) is 11.6 Å². The van der Waals surface area contributed by atoms with Crippen LogP contribution in [-0.2, 0) is 24.3 Å². The second kappa shape index (κ2) is 10.2. The Hall–Kier alpha value is -3.64. The summed E-state index contributed by atoms with van der Waals surface area (Å²) in [6.07, 6.45) is 1.33. The van der Waals surface area contributed by atoms with Gasteiger partial charge in [0.2, 0.25) is 10.0 Å². The summed E-state index contributed by atoms with van der Waals surface area (Å²) in [6, 6.07) is 11.1. The van der Waals surface area contributed by atoms with Gasteiger partial charge in [0.1, 0.15) is 18.0 Å². The quantitative estimate of drug-likeness (QED) is 0.346. The van der Waals surface area contributed by atoms with Crippen LogP contribution in [0.25, 0.3) is 6.08 Å². The normalized spacial score (nSPS) is 11.2. The molecule has 2 aromatic carbocycles. The summed E-state index contributed by atoms with van der Waals surface area (Å²) in [5.74, 6) is -2.83. The van der Waals surface area contributed by atoms with E-state index in [-0.39, 0.29) is 5.69 Å². The minimum absolute atomic E-state index is 0.283. The molecule has 0 heterocycles. The molecule has 0 aliphatic carbocycles. The lowest BCUT2D eigenvalue weighted by atomic mass is 10.2. The Bertz CT molecular complexity index is 1070. The molecule has 158 valence electrons. The standard InChI is InChI=1S/C18H16FN3O7S/c19-14-6-7-15(16(10-14)22(25)26)21-17(23)12-29-18(24)11-20-30(27,28)9-8-13-4-2-1-3-5-13/h1-10,20H,11-12H2,(H,21,23)/b9-8+. The highest BCUT2D eigenvalue weighted by Gasteiger charge is 2.18. The number of nitro benzene ring substituents is 1. The molecule has 0 unspecified atom stereocenters. The summed E-state index contributed by atoms with van der Waals surface area (Å²) in [6.45, 7) is -1.56. The molecule has 0 fully saturated rings. The third kappa shape index (κ3) is 7.41. The molecular formula is C18H16FN3O7S. The van der Waals surface area contributed by atoms with E-state index in [9.17, 15) is 32.5 Å². The number of carbonyl (C=O) groups is 2. The molecule has 30 heavy (non-hydrogen) atoms. The fourth-order valence-corrected chi connectivity index (χ4v) is 2.84. The first kappa shape index (κ1) is 22.6. The molecule has 10 nitrogen and oxygen atoms in total. The zero-order valence-corrected chi connectivity index (χ0v) is 16.1. The maximum absolute atomic E-state index is 13.1. The number of halogens is 1. The van der Waals surface area contributed by atoms with Gasteiger partial charge in [0.25, 0.3) is 11.6 Å². The van der Waals surface area contributed by atoms with Crippen LogP contribution in [0.15, 0.2) is 53.9 Å². The summed E-state index contributed by atoms with van der Waals surface area (Å²) in [4.78, 5) is 33.4. The maximum Gasteiger partial charge on any atom is 0.321 e. The van der Waals surface area contributed by atoms with E-state index in [2.05, 4.69) is 10.1 Å². The van der Waals surface area contributed by atoms with Gasteiger partial charge >= 0.3 is 5.97 Å². The van der Waals surface area contributed by atoms with Crippen LogP contribution in [0.1, 0.15) is 5.56 Å². The molecule has 0 aliphatic heterocycles. The Morgan fingerprint density at radius 3 is 2.53 bits per heavy atom. The summed E-state index contributed by atoms with van der Waals surface area (Å²) in [5.41, 5.74) is -0.321. The van der Waals surface area contributed by atoms with Gasteiger partial charge in [0.05, 0.1) is 11.0 Å². The van der Waals surface area contributed by atoms with Crippen molar-refractivity contribution in [1.29, 1.82) is 0 Å². The van der Waals surface area contributed by atoms with Gasteiger partial charge in [0, 0.05) is 5.41 Å². The highest BCUT2D eigenvalue weighted by atomic mass is 32.2. The largest absolute Gasteiger partial charge is 0.455 e. The highest BCUT2D eigenvalue weighted by molar-refractivity contribution is 7.92. The van der Waals surface area contributed by atoms with Crippen LogP contribution in [0.3, 0.4) is 0 Å². The first-order valence-corrected chi connectivity index (χ1v) is 9.83. The lowest BCUT2D eigenvalue weighted by Crippen LogP contribution is -2.31. The zero-order valence-electron chi connectivity index (χ0n) is 15.3. The SMILES string of the molecule is O=C(COC(=O)CNS(=O)(=O)/C=C/c1ccccc1)Nc1ccc(F)cc1[N+](=O)[O-]. The number of amides is 1. The number of sulfonamides is 1. The molecule has 2 rings (SSSR count). The van der Waals surface area contributed by atoms with Gasteiger partial charge < -0.3 is 10.1 Å². The molecule has 0 saturated heterocycles. The zero-order chi connectivity index (χ0) is 22.1. The van der Waals surface area contributed by atoms with Gasteiger partial charge in [-0.25, -0.2) is 17.5 Å². The number of nitro groups is 1. The molecule has 0 radical (unpaired) electrons. The number of carbonyl (C=O) groups excluding carboxylic acids is 2. The predicted molar refractivity (Wildman–Crippen MR) is 105 cm³/mol. The molecule has 0 atom stereocenters. The van der Waals surface area contributed by atoms with Gasteiger partial charge in [-0.2, -0.15) is 0 Å². The van der Waals surface area contributed by atoms with E-state index in [1.807, 2.05) is 4.72 Å². The average Bonchev–Trinajstić information content (AvgIpc) is 2.71. The molecule has 0 aromatic heterocycles. The number of rotatable bonds is 9. The molecule has 0 spiro atoms. The van der Waals surface area contributed by atoms with Crippen molar-refractivity contribution in [1.82, 2.24) is 4.72 Å². The van der Waals surface area contributed by atoms with Crippen molar-refractivity contribution in [2.45, 2.75) is 0 Å². The molecule has 1 amide bonds. The van der Waals surface area contributed by atoms with Crippen LogP contribution in [-0.4, -0.2) is 38.4 Å². The Balaban J connectivity index is 1.82. The molecule has 0 bridgehead atoms. The number of ether oxygens (including phenoxy) is 1. The fraction of sp³-hybridized carbons (Fsp3) is 0.111. The monoisotopic (exact) mass is 437 g/mol. The Morgan fingerprint density at radius 1 is 1.17 bits per heavy atom. The maximum atomic E-state index is 13.1. The fourth-order valence-electron chi connectivity index (χ4n) is 2.08. The van der Waals surface area contributed by atoms with Gasteiger partial charge in [0.15, 0.2) is 6.61 Å². The van der Waals surface area contributed by atoms with Crippen molar-refractivity contribution >= 4 is 39.4 Å². The topological polar surface area (TPSA) is 145 Å². The first-order chi connectivity index (χ1) is 14.2. The minimum atomic E-state index is -3.92. The molecule has 0 aliphatic rings. The number of nitrogens with one attached hydrogen (secondary N) is 2. The van der Waals surface area contributed by atoms with Crippen molar-refractivity contribution in [2.75, 3.05) is 18.5 Å². The third-order valence-corrected chi connectivity index (χ3v) is 4.49. The van der Waals surface area contributed by atoms with Crippen molar-refractivity contribution in [2.24, 2.45) is 0 Å². The summed E-state index contributed by atoms with van der Waals surface area (Å²) >= 11 is 0. The smallest absolute Gasteiger partial charge is 0.321 e. The van der Waals surface area contributed by atoms with Crippen LogP contribution in [0, 0.1) is 15.9 Å². The van der Waals surface area contributed by atoms with Crippen molar-refractivity contribution < 1.29 is 32.1 Å². The minimum Gasteiger partial charge on any atom is -0.455 e. The van der Waals surface area contributed by atoms with E-state index in [1.54, 1.807) is 30.3 Å². The number of benzene rings is 2. The van der Waals surface area contributed by atoms with Crippen LogP contribution in [0.5, 0.6) is 0 Å². The number of esters is 1. The Labute approximate surface area is 170 Å². The number of hydrogen-bond donors (Lipinski definition) is 2. The second-order valence-corrected chi connectivity index (χ2v) is 7.36.